The van der Waals surface area contributed by atoms with Crippen molar-refractivity contribution in [1.29, 1.82) is 0 Å². The maximum absolute atomic E-state index is 13.1. The zero-order valence-corrected chi connectivity index (χ0v) is 19.5. The van der Waals surface area contributed by atoms with Gasteiger partial charge in [-0.15, -0.1) is 0 Å². The predicted octanol–water partition coefficient (Wildman–Crippen LogP) is 5.68. The Morgan fingerprint density at radius 2 is 1.67 bits per heavy atom. The maximum Gasteiger partial charge on any atom is 0.347 e. The first kappa shape index (κ1) is 22.9. The number of nitrogens with zero attached hydrogens (tertiary/aromatic N) is 1. The number of ketones is 1. The van der Waals surface area contributed by atoms with Gasteiger partial charge in [-0.3, -0.25) is 14.5 Å². The summed E-state index contributed by atoms with van der Waals surface area (Å²) in [6.07, 6.45) is -0.938. The van der Waals surface area contributed by atoms with Crippen LogP contribution in [0.25, 0.3) is 0 Å². The second kappa shape index (κ2) is 9.68. The van der Waals surface area contributed by atoms with Crippen LogP contribution in [0, 0.1) is 0 Å². The van der Waals surface area contributed by atoms with Gasteiger partial charge in [0.2, 0.25) is 0 Å². The fourth-order valence-corrected chi connectivity index (χ4v) is 4.54. The molecule has 0 spiro atoms. The number of Topliss-reactive ketones (excluding diaryl/α,β-unsaturated/α-hetero) is 1. The lowest BCUT2D eigenvalue weighted by Crippen LogP contribution is -2.35. The molecule has 0 saturated carbocycles. The van der Waals surface area contributed by atoms with Crippen LogP contribution in [0.15, 0.2) is 76.5 Å². The Labute approximate surface area is 200 Å². The Morgan fingerprint density at radius 3 is 2.39 bits per heavy atom. The molecular weight excluding hydrogens is 462 g/mol. The number of para-hydroxylation sites is 1. The molecule has 0 radical (unpaired) electrons. The second-order valence-electron chi connectivity index (χ2n) is 7.36. The Kier molecular flexibility index (Phi) is 6.72. The van der Waals surface area contributed by atoms with Crippen LogP contribution in [0.1, 0.15) is 24.2 Å². The molecule has 8 heteroatoms. The van der Waals surface area contributed by atoms with Gasteiger partial charge in [-0.1, -0.05) is 35.5 Å². The molecule has 1 atom stereocenters. The first-order chi connectivity index (χ1) is 15.8. The fraction of sp³-hybridized carbons (Fsp3) is 0.160. The van der Waals surface area contributed by atoms with Crippen LogP contribution in [0.4, 0.5) is 11.4 Å². The predicted molar refractivity (Wildman–Crippen MR) is 127 cm³/mol. The van der Waals surface area contributed by atoms with Crippen LogP contribution in [-0.2, 0) is 14.3 Å². The van der Waals surface area contributed by atoms with Crippen LogP contribution in [0.5, 0.6) is 5.75 Å². The highest BCUT2D eigenvalue weighted by molar-refractivity contribution is 7.99. The minimum Gasteiger partial charge on any atom is -0.479 e. The molecule has 3 aromatic rings. The van der Waals surface area contributed by atoms with Crippen molar-refractivity contribution in [3.05, 3.63) is 77.3 Å². The van der Waals surface area contributed by atoms with E-state index >= 15 is 0 Å². The second-order valence-corrected chi connectivity index (χ2v) is 8.88. The van der Waals surface area contributed by atoms with Crippen molar-refractivity contribution >= 4 is 52.4 Å². The minimum atomic E-state index is -0.938. The summed E-state index contributed by atoms with van der Waals surface area (Å²) in [5, 5.41) is 0.501. The Bertz CT molecular complexity index is 1230. The number of benzene rings is 3. The van der Waals surface area contributed by atoms with Gasteiger partial charge in [0.25, 0.3) is 5.91 Å². The summed E-state index contributed by atoms with van der Waals surface area (Å²) in [5.74, 6) is -0.725. The van der Waals surface area contributed by atoms with E-state index in [1.807, 2.05) is 30.3 Å². The lowest BCUT2D eigenvalue weighted by atomic mass is 10.1. The quantitative estimate of drug-likeness (QED) is 0.333. The molecule has 0 N–H and O–H groups in total. The summed E-state index contributed by atoms with van der Waals surface area (Å²) in [7, 11) is 0. The summed E-state index contributed by atoms with van der Waals surface area (Å²) in [6.45, 7) is 2.55. The van der Waals surface area contributed by atoms with Crippen LogP contribution in [0.2, 0.25) is 5.02 Å². The highest BCUT2D eigenvalue weighted by atomic mass is 35.5. The first-order valence-corrected chi connectivity index (χ1v) is 11.4. The first-order valence-electron chi connectivity index (χ1n) is 10.2. The lowest BCUT2D eigenvalue weighted by molar-refractivity contribution is -0.154. The number of esters is 1. The molecule has 0 fully saturated rings. The molecule has 3 aromatic carbocycles. The molecule has 0 bridgehead atoms. The van der Waals surface area contributed by atoms with Crippen LogP contribution in [-0.4, -0.2) is 30.4 Å². The van der Waals surface area contributed by atoms with Gasteiger partial charge in [0.05, 0.1) is 11.4 Å². The van der Waals surface area contributed by atoms with Gasteiger partial charge >= 0.3 is 5.97 Å². The largest absolute Gasteiger partial charge is 0.479 e. The molecule has 0 saturated heterocycles. The molecule has 0 aromatic heterocycles. The molecule has 0 aliphatic carbocycles. The van der Waals surface area contributed by atoms with Crippen molar-refractivity contribution < 1.29 is 23.9 Å². The average molecular weight is 482 g/mol. The number of rotatable bonds is 6. The van der Waals surface area contributed by atoms with Gasteiger partial charge in [-0.25, -0.2) is 4.79 Å². The molecule has 33 heavy (non-hydrogen) atoms. The van der Waals surface area contributed by atoms with Gasteiger partial charge in [0.15, 0.2) is 18.5 Å². The number of ether oxygens (including phenoxy) is 2. The monoisotopic (exact) mass is 481 g/mol. The number of amides is 1. The van der Waals surface area contributed by atoms with E-state index < -0.39 is 24.6 Å². The van der Waals surface area contributed by atoms with Crippen LogP contribution < -0.4 is 9.64 Å². The number of fused-ring (bicyclic) bond motifs is 2. The van der Waals surface area contributed by atoms with Crippen molar-refractivity contribution in [1.82, 2.24) is 0 Å². The van der Waals surface area contributed by atoms with Crippen molar-refractivity contribution in [2.75, 3.05) is 11.5 Å². The third-order valence-electron chi connectivity index (χ3n) is 4.98. The molecule has 1 aliphatic heterocycles. The number of halogens is 1. The smallest absolute Gasteiger partial charge is 0.347 e. The van der Waals surface area contributed by atoms with Crippen molar-refractivity contribution in [3.8, 4) is 5.75 Å². The van der Waals surface area contributed by atoms with Crippen LogP contribution in [0.3, 0.4) is 0 Å². The van der Waals surface area contributed by atoms with Gasteiger partial charge in [0, 0.05) is 20.4 Å². The Balaban J connectivity index is 1.45. The summed E-state index contributed by atoms with van der Waals surface area (Å²) < 4.78 is 10.8. The zero-order valence-electron chi connectivity index (χ0n) is 17.9. The molecule has 1 heterocycles. The molecule has 168 valence electrons. The third kappa shape index (κ3) is 5.05. The normalized spacial score (nSPS) is 12.9. The number of anilines is 2. The van der Waals surface area contributed by atoms with Gasteiger partial charge < -0.3 is 9.47 Å². The standard InChI is InChI=1S/C25H20ClNO5S/c1-15(28)17-7-10-19(11-8-17)32-16(2)25(30)31-14-24(29)27-20-5-3-4-6-22(20)33-23-12-9-18(26)13-21(23)27/h3-13,16H,14H2,1-2H3/t16-/m1/s1. The van der Waals surface area contributed by atoms with E-state index in [-0.39, 0.29) is 5.78 Å². The van der Waals surface area contributed by atoms with Crippen molar-refractivity contribution in [3.63, 3.8) is 0 Å². The summed E-state index contributed by atoms with van der Waals surface area (Å²) in [6, 6.07) is 19.3. The van der Waals surface area contributed by atoms with E-state index in [2.05, 4.69) is 0 Å². The zero-order chi connectivity index (χ0) is 23.5. The van der Waals surface area contributed by atoms with Gasteiger partial charge in [0.1, 0.15) is 5.75 Å². The Morgan fingerprint density at radius 1 is 0.970 bits per heavy atom. The summed E-state index contributed by atoms with van der Waals surface area (Å²) in [4.78, 5) is 40.3. The highest BCUT2D eigenvalue weighted by Gasteiger charge is 2.29. The number of hydrogen-bond acceptors (Lipinski definition) is 6. The van der Waals surface area contributed by atoms with E-state index in [0.29, 0.717) is 27.7 Å². The topological polar surface area (TPSA) is 72.9 Å². The van der Waals surface area contributed by atoms with E-state index in [1.54, 1.807) is 48.2 Å². The number of hydrogen-bond donors (Lipinski definition) is 0. The van der Waals surface area contributed by atoms with Gasteiger partial charge in [-0.05, 0) is 68.4 Å². The lowest BCUT2D eigenvalue weighted by Gasteiger charge is -2.31. The van der Waals surface area contributed by atoms with Crippen molar-refractivity contribution in [2.45, 2.75) is 29.7 Å². The van der Waals surface area contributed by atoms with E-state index in [4.69, 9.17) is 21.1 Å². The molecule has 1 amide bonds. The van der Waals surface area contributed by atoms with E-state index in [1.165, 1.54) is 18.7 Å². The summed E-state index contributed by atoms with van der Waals surface area (Å²) >= 11 is 7.72. The minimum absolute atomic E-state index is 0.0620. The fourth-order valence-electron chi connectivity index (χ4n) is 3.33. The van der Waals surface area contributed by atoms with Crippen molar-refractivity contribution in [2.24, 2.45) is 0 Å². The van der Waals surface area contributed by atoms with Gasteiger partial charge in [-0.2, -0.15) is 0 Å². The molecule has 6 nitrogen and oxygen atoms in total. The van der Waals surface area contributed by atoms with E-state index in [9.17, 15) is 14.4 Å². The van der Waals surface area contributed by atoms with Crippen LogP contribution >= 0.6 is 23.4 Å². The summed E-state index contributed by atoms with van der Waals surface area (Å²) in [5.41, 5.74) is 1.89. The Hall–Kier alpha value is -3.29. The molecular formula is C25H20ClNO5S. The highest BCUT2D eigenvalue weighted by Crippen LogP contribution is 2.48. The maximum atomic E-state index is 13.1. The molecule has 1 aliphatic rings. The SMILES string of the molecule is CC(=O)c1ccc(O[C@H](C)C(=O)OCC(=O)N2c3ccccc3Sc3ccc(Cl)cc32)cc1. The average Bonchev–Trinajstić information content (AvgIpc) is 2.81. The van der Waals surface area contributed by atoms with E-state index in [0.717, 1.165) is 9.79 Å². The molecule has 0 unspecified atom stereocenters. The number of carbonyl (C=O) groups excluding carboxylic acids is 3. The third-order valence-corrected chi connectivity index (χ3v) is 6.35. The number of carbonyl (C=O) groups is 3. The molecule has 4 rings (SSSR count).